The second-order valence-electron chi connectivity index (χ2n) is 5.86. The summed E-state index contributed by atoms with van der Waals surface area (Å²) in [5.41, 5.74) is 0. The minimum Gasteiger partial charge on any atom is -0.312 e. The summed E-state index contributed by atoms with van der Waals surface area (Å²) in [5.74, 6) is 0. The van der Waals surface area contributed by atoms with Crippen molar-refractivity contribution in [2.75, 3.05) is 39.3 Å². The molecule has 0 radical (unpaired) electrons. The fourth-order valence-electron chi connectivity index (χ4n) is 3.38. The van der Waals surface area contributed by atoms with Crippen molar-refractivity contribution in [3.05, 3.63) is 20.8 Å². The minimum absolute atomic E-state index is 0.577. The smallest absolute Gasteiger partial charge is 0.0381 e. The lowest BCUT2D eigenvalue weighted by Crippen LogP contribution is -2.66. The highest BCUT2D eigenvalue weighted by Gasteiger charge is 2.36. The molecule has 0 saturated carbocycles. The molecule has 4 heterocycles. The van der Waals surface area contributed by atoms with Crippen LogP contribution in [0.15, 0.2) is 15.9 Å². The van der Waals surface area contributed by atoms with Crippen molar-refractivity contribution >= 4 is 27.3 Å². The van der Waals surface area contributed by atoms with Crippen LogP contribution in [0, 0.1) is 0 Å². The summed E-state index contributed by atoms with van der Waals surface area (Å²) in [4.78, 5) is 6.82. The highest BCUT2D eigenvalue weighted by atomic mass is 79.9. The van der Waals surface area contributed by atoms with Crippen LogP contribution in [0.5, 0.6) is 0 Å². The number of hydrogen-bond acceptors (Lipinski definition) is 4. The van der Waals surface area contributed by atoms with E-state index in [9.17, 15) is 0 Å². The summed E-state index contributed by atoms with van der Waals surface area (Å²) in [6.07, 6.45) is 2.35. The summed E-state index contributed by atoms with van der Waals surface area (Å²) in [7, 11) is 0. The Morgan fingerprint density at radius 2 is 2.20 bits per heavy atom. The van der Waals surface area contributed by atoms with Gasteiger partial charge in [-0.25, -0.2) is 0 Å². The second-order valence-corrected chi connectivity index (χ2v) is 7.72. The van der Waals surface area contributed by atoms with Gasteiger partial charge in [-0.1, -0.05) is 6.92 Å². The Balaban J connectivity index is 1.70. The number of halogens is 1. The molecule has 2 bridgehead atoms. The van der Waals surface area contributed by atoms with Crippen molar-refractivity contribution in [3.8, 4) is 0 Å². The number of nitrogens with one attached hydrogen (secondary N) is 1. The molecular formula is C15H24BrN3S. The molecule has 4 rings (SSSR count). The molecule has 0 aromatic carbocycles. The molecule has 2 atom stereocenters. The molecule has 3 fully saturated rings. The normalized spacial score (nSPS) is 30.6. The molecule has 1 aromatic rings. The fourth-order valence-corrected chi connectivity index (χ4v) is 4.96. The van der Waals surface area contributed by atoms with E-state index < -0.39 is 0 Å². The first-order chi connectivity index (χ1) is 9.78. The Kier molecular flexibility index (Phi) is 5.15. The average Bonchev–Trinajstić information content (AvgIpc) is 2.90. The number of hydrogen-bond donors (Lipinski definition) is 1. The van der Waals surface area contributed by atoms with Crippen LogP contribution in [0.4, 0.5) is 0 Å². The van der Waals surface area contributed by atoms with Crippen LogP contribution < -0.4 is 5.32 Å². The molecule has 3 nitrogen and oxygen atoms in total. The van der Waals surface area contributed by atoms with Crippen LogP contribution in [-0.2, 0) is 6.42 Å². The summed E-state index contributed by atoms with van der Waals surface area (Å²) < 4.78 is 1.28. The third-order valence-corrected chi connectivity index (χ3v) is 6.49. The molecule has 1 aromatic heterocycles. The zero-order valence-corrected chi connectivity index (χ0v) is 14.5. The zero-order chi connectivity index (χ0) is 13.9. The molecule has 3 saturated heterocycles. The Bertz CT molecular complexity index is 429. The van der Waals surface area contributed by atoms with Crippen LogP contribution in [0.3, 0.4) is 0 Å². The maximum absolute atomic E-state index is 3.81. The minimum atomic E-state index is 0.577. The quantitative estimate of drug-likeness (QED) is 0.843. The lowest BCUT2D eigenvalue weighted by Gasteiger charge is -2.50. The lowest BCUT2D eigenvalue weighted by molar-refractivity contribution is -0.00300. The van der Waals surface area contributed by atoms with Gasteiger partial charge in [0.05, 0.1) is 0 Å². The Morgan fingerprint density at radius 3 is 2.75 bits per heavy atom. The van der Waals surface area contributed by atoms with Crippen molar-refractivity contribution < 1.29 is 0 Å². The monoisotopic (exact) mass is 357 g/mol. The number of nitrogens with zero attached hydrogens (tertiary/aromatic N) is 2. The first kappa shape index (κ1) is 15.0. The van der Waals surface area contributed by atoms with Crippen LogP contribution in [0.25, 0.3) is 0 Å². The van der Waals surface area contributed by atoms with Crippen molar-refractivity contribution in [1.29, 1.82) is 0 Å². The van der Waals surface area contributed by atoms with E-state index in [1.807, 2.05) is 11.3 Å². The first-order valence-electron chi connectivity index (χ1n) is 7.69. The van der Waals surface area contributed by atoms with Gasteiger partial charge in [0.15, 0.2) is 0 Å². The zero-order valence-electron chi connectivity index (χ0n) is 12.1. The lowest BCUT2D eigenvalue weighted by atomic mass is 9.97. The van der Waals surface area contributed by atoms with Gasteiger partial charge < -0.3 is 5.32 Å². The van der Waals surface area contributed by atoms with Gasteiger partial charge in [0, 0.05) is 54.2 Å². The molecule has 3 aliphatic heterocycles. The SMILES string of the molecule is CCCNC(Cc1sccc1Br)C1CN2CCN1CC2. The molecule has 0 spiro atoms. The standard InChI is InChI=1S/C15H24BrN3S/c1-2-4-17-13(10-15-12(16)3-9-20-15)14-11-18-5-7-19(14)8-6-18/h3,9,13-14,17H,2,4-8,10-11H2,1H3. The summed E-state index contributed by atoms with van der Waals surface area (Å²) in [6, 6.07) is 3.43. The van der Waals surface area contributed by atoms with Gasteiger partial charge in [-0.15, -0.1) is 11.3 Å². The third kappa shape index (κ3) is 3.28. The highest BCUT2D eigenvalue weighted by molar-refractivity contribution is 9.10. The average molecular weight is 358 g/mol. The highest BCUT2D eigenvalue weighted by Crippen LogP contribution is 2.27. The van der Waals surface area contributed by atoms with Gasteiger partial charge in [-0.3, -0.25) is 9.80 Å². The predicted octanol–water partition coefficient (Wildman–Crippen LogP) is 2.42. The Labute approximate surface area is 134 Å². The maximum atomic E-state index is 3.81. The summed E-state index contributed by atoms with van der Waals surface area (Å²) >= 11 is 5.56. The maximum Gasteiger partial charge on any atom is 0.0381 e. The van der Waals surface area contributed by atoms with E-state index in [-0.39, 0.29) is 0 Å². The Morgan fingerprint density at radius 1 is 1.40 bits per heavy atom. The van der Waals surface area contributed by atoms with E-state index in [2.05, 4.69) is 49.4 Å². The Hall–Kier alpha value is 0.0600. The topological polar surface area (TPSA) is 18.5 Å². The molecule has 20 heavy (non-hydrogen) atoms. The molecule has 2 unspecified atom stereocenters. The van der Waals surface area contributed by atoms with Crippen LogP contribution >= 0.6 is 27.3 Å². The van der Waals surface area contributed by atoms with E-state index >= 15 is 0 Å². The molecule has 112 valence electrons. The molecule has 3 aliphatic rings. The number of fused-ring (bicyclic) bond motifs is 3. The van der Waals surface area contributed by atoms with Crippen LogP contribution in [0.1, 0.15) is 18.2 Å². The van der Waals surface area contributed by atoms with Crippen molar-refractivity contribution in [2.24, 2.45) is 0 Å². The van der Waals surface area contributed by atoms with Crippen LogP contribution in [-0.4, -0.2) is 61.2 Å². The fraction of sp³-hybridized carbons (Fsp3) is 0.733. The largest absolute Gasteiger partial charge is 0.312 e. The second kappa shape index (κ2) is 6.88. The van der Waals surface area contributed by atoms with Gasteiger partial charge in [-0.05, 0) is 46.8 Å². The predicted molar refractivity (Wildman–Crippen MR) is 89.6 cm³/mol. The molecule has 0 aliphatic carbocycles. The van der Waals surface area contributed by atoms with Crippen molar-refractivity contribution in [1.82, 2.24) is 15.1 Å². The van der Waals surface area contributed by atoms with E-state index in [1.165, 1.54) is 48.5 Å². The summed E-state index contributed by atoms with van der Waals surface area (Å²) in [6.45, 7) is 9.64. The van der Waals surface area contributed by atoms with E-state index in [1.54, 1.807) is 0 Å². The molecule has 1 N–H and O–H groups in total. The number of rotatable bonds is 6. The van der Waals surface area contributed by atoms with E-state index in [0.29, 0.717) is 12.1 Å². The van der Waals surface area contributed by atoms with Crippen LogP contribution in [0.2, 0.25) is 0 Å². The van der Waals surface area contributed by atoms with Gasteiger partial charge in [0.1, 0.15) is 0 Å². The van der Waals surface area contributed by atoms with Gasteiger partial charge in [0.2, 0.25) is 0 Å². The van der Waals surface area contributed by atoms with Gasteiger partial charge >= 0.3 is 0 Å². The molecular weight excluding hydrogens is 334 g/mol. The van der Waals surface area contributed by atoms with Gasteiger partial charge in [-0.2, -0.15) is 0 Å². The summed E-state index contributed by atoms with van der Waals surface area (Å²) in [5, 5.41) is 5.99. The first-order valence-corrected chi connectivity index (χ1v) is 9.37. The van der Waals surface area contributed by atoms with E-state index in [4.69, 9.17) is 0 Å². The van der Waals surface area contributed by atoms with E-state index in [0.717, 1.165) is 13.0 Å². The van der Waals surface area contributed by atoms with Crippen molar-refractivity contribution in [2.45, 2.75) is 31.8 Å². The number of thiophene rings is 1. The van der Waals surface area contributed by atoms with Gasteiger partial charge in [0.25, 0.3) is 0 Å². The molecule has 5 heteroatoms. The third-order valence-electron chi connectivity index (χ3n) is 4.54. The number of piperazine rings is 3. The van der Waals surface area contributed by atoms with Crippen molar-refractivity contribution in [3.63, 3.8) is 0 Å². The molecule has 0 amide bonds.